The molecule has 0 radical (unpaired) electrons. The van der Waals surface area contributed by atoms with E-state index in [2.05, 4.69) is 59.4 Å². The Labute approximate surface area is 171 Å². The van der Waals surface area contributed by atoms with Gasteiger partial charge in [0.15, 0.2) is 0 Å². The maximum absolute atomic E-state index is 5.40. The lowest BCUT2D eigenvalue weighted by Gasteiger charge is -2.16. The van der Waals surface area contributed by atoms with Gasteiger partial charge in [-0.1, -0.05) is 12.1 Å². The van der Waals surface area contributed by atoms with Crippen molar-refractivity contribution in [3.05, 3.63) is 59.7 Å². The van der Waals surface area contributed by atoms with Crippen molar-refractivity contribution in [2.24, 2.45) is 0 Å². The highest BCUT2D eigenvalue weighted by Crippen LogP contribution is 2.36. The van der Waals surface area contributed by atoms with Gasteiger partial charge in [0.1, 0.15) is 11.6 Å². The van der Waals surface area contributed by atoms with E-state index in [0.29, 0.717) is 0 Å². The molecule has 0 fully saturated rings. The van der Waals surface area contributed by atoms with Crippen LogP contribution >= 0.6 is 11.8 Å². The molecular weight excluding hydrogens is 366 g/mol. The van der Waals surface area contributed by atoms with Crippen LogP contribution in [0.1, 0.15) is 30.0 Å². The SMILES string of the molecule is COc1ccc2c(c1)C(Nc1ccc3c(NCCCSC)cccc3n1)CC2. The molecule has 0 spiro atoms. The van der Waals surface area contributed by atoms with E-state index < -0.39 is 0 Å². The largest absolute Gasteiger partial charge is 0.497 e. The summed E-state index contributed by atoms with van der Waals surface area (Å²) >= 11 is 1.89. The number of pyridine rings is 1. The molecule has 1 atom stereocenters. The number of ether oxygens (including phenoxy) is 1. The molecular formula is C23H27N3OS. The van der Waals surface area contributed by atoms with E-state index in [0.717, 1.165) is 48.6 Å². The van der Waals surface area contributed by atoms with Gasteiger partial charge in [-0.05, 0) is 78.8 Å². The van der Waals surface area contributed by atoms with Crippen molar-refractivity contribution in [1.29, 1.82) is 0 Å². The molecule has 1 aliphatic carbocycles. The maximum atomic E-state index is 5.40. The Morgan fingerprint density at radius 2 is 2.11 bits per heavy atom. The second-order valence-electron chi connectivity index (χ2n) is 7.14. The second-order valence-corrected chi connectivity index (χ2v) is 8.13. The van der Waals surface area contributed by atoms with Gasteiger partial charge < -0.3 is 15.4 Å². The second kappa shape index (κ2) is 8.74. The highest BCUT2D eigenvalue weighted by atomic mass is 32.2. The summed E-state index contributed by atoms with van der Waals surface area (Å²) in [5.74, 6) is 3.02. The quantitative estimate of drug-likeness (QED) is 0.494. The number of hydrogen-bond acceptors (Lipinski definition) is 5. The summed E-state index contributed by atoms with van der Waals surface area (Å²) in [6.45, 7) is 0.987. The van der Waals surface area contributed by atoms with Gasteiger partial charge in [-0.25, -0.2) is 4.98 Å². The molecule has 28 heavy (non-hydrogen) atoms. The van der Waals surface area contributed by atoms with Crippen LogP contribution in [-0.4, -0.2) is 30.6 Å². The molecule has 1 aliphatic rings. The Balaban J connectivity index is 1.52. The van der Waals surface area contributed by atoms with Crippen molar-refractivity contribution in [2.45, 2.75) is 25.3 Å². The van der Waals surface area contributed by atoms with E-state index in [1.807, 2.05) is 17.8 Å². The monoisotopic (exact) mass is 393 g/mol. The predicted molar refractivity (Wildman–Crippen MR) is 121 cm³/mol. The van der Waals surface area contributed by atoms with Gasteiger partial charge in [0, 0.05) is 17.6 Å². The van der Waals surface area contributed by atoms with Crippen LogP contribution in [0, 0.1) is 0 Å². The fourth-order valence-electron chi connectivity index (χ4n) is 3.86. The van der Waals surface area contributed by atoms with Gasteiger partial charge in [0.2, 0.25) is 0 Å². The van der Waals surface area contributed by atoms with E-state index in [9.17, 15) is 0 Å². The smallest absolute Gasteiger partial charge is 0.127 e. The van der Waals surface area contributed by atoms with Crippen LogP contribution in [0.2, 0.25) is 0 Å². The Hall–Kier alpha value is -2.40. The van der Waals surface area contributed by atoms with E-state index in [1.54, 1.807) is 7.11 Å². The van der Waals surface area contributed by atoms with Gasteiger partial charge in [-0.3, -0.25) is 0 Å². The molecule has 4 nitrogen and oxygen atoms in total. The minimum atomic E-state index is 0.280. The number of aromatic nitrogens is 1. The predicted octanol–water partition coefficient (Wildman–Crippen LogP) is 5.51. The number of aryl methyl sites for hydroxylation is 1. The van der Waals surface area contributed by atoms with Crippen LogP contribution in [0.3, 0.4) is 0 Å². The molecule has 146 valence electrons. The molecule has 1 aromatic heterocycles. The third-order valence-corrected chi connectivity index (χ3v) is 6.02. The van der Waals surface area contributed by atoms with Crippen molar-refractivity contribution >= 4 is 34.2 Å². The summed E-state index contributed by atoms with van der Waals surface area (Å²) in [5.41, 5.74) is 4.90. The summed E-state index contributed by atoms with van der Waals surface area (Å²) in [6.07, 6.45) is 5.48. The topological polar surface area (TPSA) is 46.2 Å². The molecule has 0 amide bonds. The van der Waals surface area contributed by atoms with Crippen molar-refractivity contribution < 1.29 is 4.74 Å². The van der Waals surface area contributed by atoms with Gasteiger partial charge in [-0.2, -0.15) is 11.8 Å². The molecule has 0 saturated carbocycles. The lowest BCUT2D eigenvalue weighted by atomic mass is 10.1. The number of hydrogen-bond donors (Lipinski definition) is 2. The third-order valence-electron chi connectivity index (χ3n) is 5.33. The normalized spacial score (nSPS) is 15.4. The van der Waals surface area contributed by atoms with Crippen molar-refractivity contribution in [3.8, 4) is 5.75 Å². The first-order valence-corrected chi connectivity index (χ1v) is 11.2. The number of anilines is 2. The van der Waals surface area contributed by atoms with Crippen LogP contribution in [0.4, 0.5) is 11.5 Å². The van der Waals surface area contributed by atoms with Gasteiger partial charge >= 0.3 is 0 Å². The number of methoxy groups -OCH3 is 1. The average Bonchev–Trinajstić information content (AvgIpc) is 3.13. The summed E-state index contributed by atoms with van der Waals surface area (Å²) in [4.78, 5) is 4.87. The number of fused-ring (bicyclic) bond motifs is 2. The van der Waals surface area contributed by atoms with E-state index in [4.69, 9.17) is 9.72 Å². The first-order valence-electron chi connectivity index (χ1n) is 9.84. The van der Waals surface area contributed by atoms with E-state index in [-0.39, 0.29) is 6.04 Å². The maximum Gasteiger partial charge on any atom is 0.127 e. The molecule has 4 rings (SSSR count). The van der Waals surface area contributed by atoms with Gasteiger partial charge in [0.25, 0.3) is 0 Å². The zero-order valence-electron chi connectivity index (χ0n) is 16.5. The van der Waals surface area contributed by atoms with Crippen LogP contribution in [-0.2, 0) is 6.42 Å². The number of thioether (sulfide) groups is 1. The lowest BCUT2D eigenvalue weighted by molar-refractivity contribution is 0.414. The fraction of sp³-hybridized carbons (Fsp3) is 0.348. The van der Waals surface area contributed by atoms with Crippen molar-refractivity contribution in [3.63, 3.8) is 0 Å². The minimum absolute atomic E-state index is 0.280. The fourth-order valence-corrected chi connectivity index (χ4v) is 4.30. The molecule has 5 heteroatoms. The van der Waals surface area contributed by atoms with Crippen LogP contribution in [0.15, 0.2) is 48.5 Å². The van der Waals surface area contributed by atoms with E-state index in [1.165, 1.54) is 22.3 Å². The summed E-state index contributed by atoms with van der Waals surface area (Å²) in [6, 6.07) is 17.2. The Bertz CT molecular complexity index is 960. The summed E-state index contributed by atoms with van der Waals surface area (Å²) in [5, 5.41) is 8.36. The van der Waals surface area contributed by atoms with Crippen LogP contribution in [0.25, 0.3) is 10.9 Å². The van der Waals surface area contributed by atoms with Gasteiger partial charge in [0.05, 0.1) is 18.7 Å². The van der Waals surface area contributed by atoms with Crippen molar-refractivity contribution in [1.82, 2.24) is 4.98 Å². The molecule has 2 N–H and O–H groups in total. The summed E-state index contributed by atoms with van der Waals surface area (Å²) < 4.78 is 5.40. The molecule has 2 aromatic carbocycles. The molecule has 1 unspecified atom stereocenters. The third kappa shape index (κ3) is 4.04. The number of benzene rings is 2. The minimum Gasteiger partial charge on any atom is -0.497 e. The van der Waals surface area contributed by atoms with E-state index >= 15 is 0 Å². The molecule has 0 saturated heterocycles. The molecule has 0 aliphatic heterocycles. The zero-order chi connectivity index (χ0) is 19.3. The molecule has 3 aromatic rings. The molecule has 1 heterocycles. The molecule has 0 bridgehead atoms. The van der Waals surface area contributed by atoms with Crippen LogP contribution in [0.5, 0.6) is 5.75 Å². The number of nitrogens with one attached hydrogen (secondary N) is 2. The van der Waals surface area contributed by atoms with Crippen molar-refractivity contribution in [2.75, 3.05) is 36.3 Å². The number of rotatable bonds is 8. The van der Waals surface area contributed by atoms with Crippen LogP contribution < -0.4 is 15.4 Å². The number of nitrogens with zero attached hydrogens (tertiary/aromatic N) is 1. The Morgan fingerprint density at radius 3 is 2.96 bits per heavy atom. The standard InChI is InChI=1S/C23H27N3OS/c1-27-17-9-7-16-8-11-22(19(16)15-17)26-23-12-10-18-20(24-13-4-14-28-2)5-3-6-21(18)25-23/h3,5-7,9-10,12,15,22,24H,4,8,11,13-14H2,1-2H3,(H,25,26). The Kier molecular flexibility index (Phi) is 5.91. The summed E-state index contributed by atoms with van der Waals surface area (Å²) in [7, 11) is 1.72. The van der Waals surface area contributed by atoms with Gasteiger partial charge in [-0.15, -0.1) is 0 Å². The highest BCUT2D eigenvalue weighted by molar-refractivity contribution is 7.98. The average molecular weight is 394 g/mol. The first-order chi connectivity index (χ1) is 13.8. The highest BCUT2D eigenvalue weighted by Gasteiger charge is 2.23. The lowest BCUT2D eigenvalue weighted by Crippen LogP contribution is -2.09. The zero-order valence-corrected chi connectivity index (χ0v) is 17.3. The first kappa shape index (κ1) is 18.9. The Morgan fingerprint density at radius 1 is 1.18 bits per heavy atom.